The zero-order valence-corrected chi connectivity index (χ0v) is 12.1. The molecule has 0 radical (unpaired) electrons. The summed E-state index contributed by atoms with van der Waals surface area (Å²) in [5, 5.41) is 7.82. The monoisotopic (exact) mass is 319 g/mol. The number of aromatic nitrogens is 2. The molecule has 3 rings (SSSR count). The van der Waals surface area contributed by atoms with Crippen molar-refractivity contribution in [1.29, 1.82) is 0 Å². The minimum absolute atomic E-state index is 0.00530. The number of pyridine rings is 1. The molecule has 0 fully saturated rings. The zero-order chi connectivity index (χ0) is 13.2. The summed E-state index contributed by atoms with van der Waals surface area (Å²) in [6.45, 7) is 2.93. The number of hydrogen-bond acceptors (Lipinski definition) is 3. The lowest BCUT2D eigenvalue weighted by Crippen LogP contribution is -2.21. The van der Waals surface area contributed by atoms with E-state index >= 15 is 0 Å². The summed E-state index contributed by atoms with van der Waals surface area (Å²) in [4.78, 5) is 0. The molecule has 0 bridgehead atoms. The Bertz CT molecular complexity index is 689. The van der Waals surface area contributed by atoms with Crippen LogP contribution >= 0.6 is 15.9 Å². The summed E-state index contributed by atoms with van der Waals surface area (Å²) < 4.78 is 8.44. The third-order valence-electron chi connectivity index (χ3n) is 3.08. The SMILES string of the molecule is CCNC(c1occc1Br)c1cnn2ccccc12. The molecule has 0 spiro atoms. The van der Waals surface area contributed by atoms with Gasteiger partial charge in [-0.25, -0.2) is 4.52 Å². The van der Waals surface area contributed by atoms with Crippen molar-refractivity contribution in [2.24, 2.45) is 0 Å². The van der Waals surface area contributed by atoms with Gasteiger partial charge in [0.2, 0.25) is 0 Å². The largest absolute Gasteiger partial charge is 0.466 e. The van der Waals surface area contributed by atoms with E-state index in [4.69, 9.17) is 4.42 Å². The van der Waals surface area contributed by atoms with Crippen LogP contribution in [0.5, 0.6) is 0 Å². The van der Waals surface area contributed by atoms with Crippen LogP contribution in [0, 0.1) is 0 Å². The van der Waals surface area contributed by atoms with Crippen molar-refractivity contribution >= 4 is 21.4 Å². The molecule has 1 unspecified atom stereocenters. The highest BCUT2D eigenvalue weighted by Gasteiger charge is 2.22. The fourth-order valence-electron chi connectivity index (χ4n) is 2.24. The van der Waals surface area contributed by atoms with Gasteiger partial charge in [0.25, 0.3) is 0 Å². The summed E-state index contributed by atoms with van der Waals surface area (Å²) in [5.41, 5.74) is 2.19. The molecule has 0 aliphatic carbocycles. The Morgan fingerprint density at radius 1 is 1.42 bits per heavy atom. The van der Waals surface area contributed by atoms with E-state index in [1.165, 1.54) is 0 Å². The van der Waals surface area contributed by atoms with Crippen LogP contribution in [-0.4, -0.2) is 16.2 Å². The molecular formula is C14H14BrN3O. The maximum Gasteiger partial charge on any atom is 0.139 e. The number of nitrogens with one attached hydrogen (secondary N) is 1. The van der Waals surface area contributed by atoms with E-state index in [1.807, 2.05) is 35.1 Å². The second-order valence-electron chi connectivity index (χ2n) is 4.25. The van der Waals surface area contributed by atoms with Gasteiger partial charge in [-0.3, -0.25) is 0 Å². The predicted octanol–water partition coefficient (Wildman–Crippen LogP) is 3.39. The first-order valence-corrected chi connectivity index (χ1v) is 6.99. The van der Waals surface area contributed by atoms with E-state index in [0.717, 1.165) is 27.9 Å². The van der Waals surface area contributed by atoms with Crippen LogP contribution in [0.3, 0.4) is 0 Å². The summed E-state index contributed by atoms with van der Waals surface area (Å²) in [5.74, 6) is 0.876. The Balaban J connectivity index is 2.12. The Kier molecular flexibility index (Phi) is 3.40. The van der Waals surface area contributed by atoms with Gasteiger partial charge in [-0.1, -0.05) is 13.0 Å². The van der Waals surface area contributed by atoms with Crippen LogP contribution in [-0.2, 0) is 0 Å². The molecule has 0 aliphatic heterocycles. The number of nitrogens with zero attached hydrogens (tertiary/aromatic N) is 2. The average Bonchev–Trinajstić information content (AvgIpc) is 3.03. The third kappa shape index (κ3) is 2.19. The maximum absolute atomic E-state index is 5.61. The van der Waals surface area contributed by atoms with E-state index in [0.29, 0.717) is 0 Å². The van der Waals surface area contributed by atoms with E-state index in [1.54, 1.807) is 6.26 Å². The smallest absolute Gasteiger partial charge is 0.139 e. The second kappa shape index (κ2) is 5.19. The standard InChI is InChI=1S/C14H14BrN3O/c1-2-16-13(14-11(15)6-8-19-14)10-9-17-18-7-4-3-5-12(10)18/h3-9,13,16H,2H2,1H3. The lowest BCUT2D eigenvalue weighted by atomic mass is 10.1. The van der Waals surface area contributed by atoms with E-state index in [-0.39, 0.29) is 6.04 Å². The third-order valence-corrected chi connectivity index (χ3v) is 3.74. The molecule has 0 aliphatic rings. The maximum atomic E-state index is 5.61. The van der Waals surface area contributed by atoms with Crippen molar-refractivity contribution in [3.63, 3.8) is 0 Å². The minimum atomic E-state index is -0.00530. The first kappa shape index (κ1) is 12.4. The number of halogens is 1. The molecule has 98 valence electrons. The summed E-state index contributed by atoms with van der Waals surface area (Å²) in [6.07, 6.45) is 5.52. The lowest BCUT2D eigenvalue weighted by Gasteiger charge is -2.15. The topological polar surface area (TPSA) is 42.5 Å². The van der Waals surface area contributed by atoms with Crippen molar-refractivity contribution in [2.45, 2.75) is 13.0 Å². The van der Waals surface area contributed by atoms with Crippen molar-refractivity contribution in [2.75, 3.05) is 6.54 Å². The fourth-order valence-corrected chi connectivity index (χ4v) is 2.67. The second-order valence-corrected chi connectivity index (χ2v) is 5.11. The number of fused-ring (bicyclic) bond motifs is 1. The molecule has 0 saturated carbocycles. The van der Waals surface area contributed by atoms with Crippen LogP contribution in [0.15, 0.2) is 51.8 Å². The van der Waals surface area contributed by atoms with Gasteiger partial charge in [0.15, 0.2) is 0 Å². The number of furan rings is 1. The van der Waals surface area contributed by atoms with E-state index in [2.05, 4.69) is 39.3 Å². The molecule has 3 aromatic rings. The molecule has 1 atom stereocenters. The highest BCUT2D eigenvalue weighted by Crippen LogP contribution is 2.31. The summed E-state index contributed by atoms with van der Waals surface area (Å²) in [6, 6.07) is 7.94. The predicted molar refractivity (Wildman–Crippen MR) is 77.1 cm³/mol. The zero-order valence-electron chi connectivity index (χ0n) is 10.5. The summed E-state index contributed by atoms with van der Waals surface area (Å²) >= 11 is 3.53. The molecule has 1 N–H and O–H groups in total. The molecule has 0 amide bonds. The van der Waals surface area contributed by atoms with Gasteiger partial charge in [-0.05, 0) is 40.7 Å². The Hall–Kier alpha value is -1.59. The molecule has 3 aromatic heterocycles. The van der Waals surface area contributed by atoms with Crippen molar-refractivity contribution in [3.8, 4) is 0 Å². The van der Waals surface area contributed by atoms with Gasteiger partial charge < -0.3 is 9.73 Å². The summed E-state index contributed by atoms with van der Waals surface area (Å²) in [7, 11) is 0. The first-order valence-electron chi connectivity index (χ1n) is 6.19. The number of rotatable bonds is 4. The van der Waals surface area contributed by atoms with Crippen molar-refractivity contribution < 1.29 is 4.42 Å². The molecule has 4 nitrogen and oxygen atoms in total. The highest BCUT2D eigenvalue weighted by molar-refractivity contribution is 9.10. The van der Waals surface area contributed by atoms with Crippen LogP contribution in [0.1, 0.15) is 24.3 Å². The Morgan fingerprint density at radius 3 is 3.05 bits per heavy atom. The van der Waals surface area contributed by atoms with Gasteiger partial charge in [0, 0.05) is 11.8 Å². The van der Waals surface area contributed by atoms with E-state index in [9.17, 15) is 0 Å². The molecular weight excluding hydrogens is 306 g/mol. The van der Waals surface area contributed by atoms with Gasteiger partial charge in [-0.2, -0.15) is 5.10 Å². The Morgan fingerprint density at radius 2 is 2.32 bits per heavy atom. The van der Waals surface area contributed by atoms with Crippen LogP contribution in [0.4, 0.5) is 0 Å². The van der Waals surface area contributed by atoms with Gasteiger partial charge >= 0.3 is 0 Å². The fraction of sp³-hybridized carbons (Fsp3) is 0.214. The van der Waals surface area contributed by atoms with Gasteiger partial charge in [0.05, 0.1) is 28.5 Å². The number of hydrogen-bond donors (Lipinski definition) is 1. The molecule has 0 saturated heterocycles. The minimum Gasteiger partial charge on any atom is -0.466 e. The molecule has 0 aromatic carbocycles. The lowest BCUT2D eigenvalue weighted by molar-refractivity contribution is 0.451. The van der Waals surface area contributed by atoms with Crippen LogP contribution in [0.25, 0.3) is 5.52 Å². The average molecular weight is 320 g/mol. The highest BCUT2D eigenvalue weighted by atomic mass is 79.9. The van der Waals surface area contributed by atoms with Gasteiger partial charge in [-0.15, -0.1) is 0 Å². The first-order chi connectivity index (χ1) is 9.31. The van der Waals surface area contributed by atoms with Crippen LogP contribution in [0.2, 0.25) is 0 Å². The Labute approximate surface area is 119 Å². The molecule has 19 heavy (non-hydrogen) atoms. The molecule has 3 heterocycles. The molecule has 5 heteroatoms. The normalized spacial score (nSPS) is 12.9. The van der Waals surface area contributed by atoms with Crippen LogP contribution < -0.4 is 5.32 Å². The van der Waals surface area contributed by atoms with Gasteiger partial charge in [0.1, 0.15) is 5.76 Å². The quantitative estimate of drug-likeness (QED) is 0.801. The van der Waals surface area contributed by atoms with Crippen molar-refractivity contribution in [1.82, 2.24) is 14.9 Å². The van der Waals surface area contributed by atoms with Crippen molar-refractivity contribution in [3.05, 3.63) is 58.7 Å². The van der Waals surface area contributed by atoms with E-state index < -0.39 is 0 Å².